The Hall–Kier alpha value is -3.47. The molecule has 0 aromatic carbocycles. The maximum absolute atomic E-state index is 12.1. The smallest absolute Gasteiger partial charge is 0.322 e. The summed E-state index contributed by atoms with van der Waals surface area (Å²) in [5.74, 6) is 0.854. The van der Waals surface area contributed by atoms with Gasteiger partial charge in [0.1, 0.15) is 4.88 Å². The minimum atomic E-state index is -0.295. The van der Waals surface area contributed by atoms with Crippen LogP contribution in [0.15, 0.2) is 33.5 Å². The quantitative estimate of drug-likeness (QED) is 0.521. The normalized spacial score (nSPS) is 10.9. The highest BCUT2D eigenvalue weighted by molar-refractivity contribution is 7.15. The van der Waals surface area contributed by atoms with Gasteiger partial charge in [0.15, 0.2) is 0 Å². The number of hydrogen-bond donors (Lipinski definition) is 1. The number of hydrogen-bond acceptors (Lipinski definition) is 10. The molecule has 11 heteroatoms. The minimum Gasteiger partial charge on any atom is -0.402 e. The molecule has 0 saturated heterocycles. The molecule has 4 aromatic rings. The molecular weight excluding hydrogens is 382 g/mol. The third-order valence-corrected chi connectivity index (χ3v) is 4.80. The number of aryl methyl sites for hydroxylation is 3. The van der Waals surface area contributed by atoms with Crippen LogP contribution in [0.25, 0.3) is 22.2 Å². The fraction of sp³-hybridized carbons (Fsp3) is 0.235. The average Bonchev–Trinajstić information content (AvgIpc) is 3.41. The van der Waals surface area contributed by atoms with Crippen molar-refractivity contribution < 1.29 is 13.7 Å². The van der Waals surface area contributed by atoms with Gasteiger partial charge in [-0.3, -0.25) is 15.1 Å². The second-order valence-corrected chi connectivity index (χ2v) is 7.06. The standard InChI is InChI=1S/C17H15N7O3S/c1-9-14(28-10(2)19-9)16-22-23-17(26-16)20-12(25)3-4-13-21-15(24-27-13)11-5-7-18-8-6-11/h5-8H,3-4H2,1-2H3,(H,20,23,25). The topological polar surface area (TPSA) is 133 Å². The summed E-state index contributed by atoms with van der Waals surface area (Å²) in [5.41, 5.74) is 1.60. The zero-order chi connectivity index (χ0) is 19.5. The lowest BCUT2D eigenvalue weighted by molar-refractivity contribution is -0.116. The van der Waals surface area contributed by atoms with E-state index >= 15 is 0 Å². The third kappa shape index (κ3) is 3.93. The predicted molar refractivity (Wildman–Crippen MR) is 99.4 cm³/mol. The number of pyridine rings is 1. The van der Waals surface area contributed by atoms with E-state index in [1.54, 1.807) is 24.5 Å². The molecule has 0 aliphatic carbocycles. The zero-order valence-corrected chi connectivity index (χ0v) is 15.9. The second-order valence-electron chi connectivity index (χ2n) is 5.86. The van der Waals surface area contributed by atoms with E-state index in [9.17, 15) is 4.79 Å². The molecule has 0 bridgehead atoms. The summed E-state index contributed by atoms with van der Waals surface area (Å²) in [6.45, 7) is 3.77. The Bertz CT molecular complexity index is 1100. The minimum absolute atomic E-state index is 0.0356. The molecule has 10 nitrogen and oxygen atoms in total. The summed E-state index contributed by atoms with van der Waals surface area (Å²) in [7, 11) is 0. The number of nitrogens with zero attached hydrogens (tertiary/aromatic N) is 6. The Morgan fingerprint density at radius 2 is 2.00 bits per heavy atom. The Labute approximate surface area is 163 Å². The van der Waals surface area contributed by atoms with Crippen molar-refractivity contribution in [3.63, 3.8) is 0 Å². The maximum atomic E-state index is 12.1. The van der Waals surface area contributed by atoms with Gasteiger partial charge in [-0.15, -0.1) is 16.4 Å². The van der Waals surface area contributed by atoms with Gasteiger partial charge in [0.25, 0.3) is 5.89 Å². The van der Waals surface area contributed by atoms with Gasteiger partial charge < -0.3 is 8.94 Å². The number of carbonyl (C=O) groups excluding carboxylic acids is 1. The van der Waals surface area contributed by atoms with Crippen LogP contribution < -0.4 is 5.32 Å². The molecule has 28 heavy (non-hydrogen) atoms. The number of nitrogens with one attached hydrogen (secondary N) is 1. The number of carbonyl (C=O) groups is 1. The van der Waals surface area contributed by atoms with Crippen molar-refractivity contribution in [1.82, 2.24) is 30.3 Å². The van der Waals surface area contributed by atoms with Gasteiger partial charge in [-0.2, -0.15) is 4.98 Å². The van der Waals surface area contributed by atoms with Gasteiger partial charge in [-0.25, -0.2) is 4.98 Å². The van der Waals surface area contributed by atoms with Crippen molar-refractivity contribution in [2.45, 2.75) is 26.7 Å². The largest absolute Gasteiger partial charge is 0.402 e. The summed E-state index contributed by atoms with van der Waals surface area (Å²) in [6.07, 6.45) is 3.71. The van der Waals surface area contributed by atoms with E-state index in [4.69, 9.17) is 8.94 Å². The number of amides is 1. The first kappa shape index (κ1) is 17.9. The number of thiazole rings is 1. The van der Waals surface area contributed by atoms with Crippen LogP contribution in [-0.2, 0) is 11.2 Å². The van der Waals surface area contributed by atoms with Gasteiger partial charge in [0, 0.05) is 30.8 Å². The van der Waals surface area contributed by atoms with E-state index in [0.29, 0.717) is 17.6 Å². The fourth-order valence-electron chi connectivity index (χ4n) is 2.47. The van der Waals surface area contributed by atoms with Gasteiger partial charge in [-0.1, -0.05) is 10.3 Å². The van der Waals surface area contributed by atoms with Crippen LogP contribution in [-0.4, -0.2) is 36.2 Å². The van der Waals surface area contributed by atoms with Crippen LogP contribution in [0.4, 0.5) is 6.01 Å². The molecule has 0 aliphatic heterocycles. The third-order valence-electron chi connectivity index (χ3n) is 3.74. The van der Waals surface area contributed by atoms with Crippen LogP contribution in [0.2, 0.25) is 0 Å². The molecule has 0 aliphatic rings. The molecule has 4 aromatic heterocycles. The maximum Gasteiger partial charge on any atom is 0.322 e. The highest BCUT2D eigenvalue weighted by Gasteiger charge is 2.17. The number of rotatable bonds is 6. The SMILES string of the molecule is Cc1nc(C)c(-c2nnc(NC(=O)CCc3nc(-c4ccncc4)no3)o2)s1. The van der Waals surface area contributed by atoms with Crippen molar-refractivity contribution in [3.05, 3.63) is 41.1 Å². The van der Waals surface area contributed by atoms with Crippen LogP contribution in [0.3, 0.4) is 0 Å². The summed E-state index contributed by atoms with van der Waals surface area (Å²) in [4.78, 5) is 25.5. The molecule has 0 unspecified atom stereocenters. The van der Waals surface area contributed by atoms with Crippen LogP contribution in [0.5, 0.6) is 0 Å². The average molecular weight is 397 g/mol. The highest BCUT2D eigenvalue weighted by atomic mass is 32.1. The molecule has 1 amide bonds. The Morgan fingerprint density at radius 1 is 1.18 bits per heavy atom. The number of anilines is 1. The van der Waals surface area contributed by atoms with Crippen LogP contribution in [0.1, 0.15) is 23.0 Å². The van der Waals surface area contributed by atoms with Gasteiger partial charge >= 0.3 is 6.01 Å². The zero-order valence-electron chi connectivity index (χ0n) is 15.0. The molecule has 0 atom stereocenters. The van der Waals surface area contributed by atoms with E-state index < -0.39 is 0 Å². The number of aromatic nitrogens is 6. The lowest BCUT2D eigenvalue weighted by atomic mass is 10.2. The predicted octanol–water partition coefficient (Wildman–Crippen LogP) is 2.83. The first-order valence-corrected chi connectivity index (χ1v) is 9.21. The molecular formula is C17H15N7O3S. The Morgan fingerprint density at radius 3 is 2.75 bits per heavy atom. The van der Waals surface area contributed by atoms with Gasteiger partial charge in [0.05, 0.1) is 10.7 Å². The molecule has 0 saturated carbocycles. The van der Waals surface area contributed by atoms with Crippen LogP contribution >= 0.6 is 11.3 Å². The van der Waals surface area contributed by atoms with Gasteiger partial charge in [0.2, 0.25) is 17.6 Å². The monoisotopic (exact) mass is 397 g/mol. The first-order chi connectivity index (χ1) is 13.6. The lowest BCUT2D eigenvalue weighted by Gasteiger charge is -1.97. The molecule has 142 valence electrons. The molecule has 4 heterocycles. The first-order valence-electron chi connectivity index (χ1n) is 8.39. The van der Waals surface area contributed by atoms with Crippen molar-refractivity contribution in [1.29, 1.82) is 0 Å². The van der Waals surface area contributed by atoms with Crippen molar-refractivity contribution >= 4 is 23.3 Å². The van der Waals surface area contributed by atoms with Gasteiger partial charge in [-0.05, 0) is 26.0 Å². The van der Waals surface area contributed by atoms with Crippen LogP contribution in [0, 0.1) is 13.8 Å². The van der Waals surface area contributed by atoms with E-state index in [-0.39, 0.29) is 24.8 Å². The van der Waals surface area contributed by atoms with Crippen molar-refractivity contribution in [2.75, 3.05) is 5.32 Å². The molecule has 1 N–H and O–H groups in total. The Kier molecular flexibility index (Phi) is 4.89. The fourth-order valence-corrected chi connectivity index (χ4v) is 3.31. The summed E-state index contributed by atoms with van der Waals surface area (Å²) < 4.78 is 10.7. The van der Waals surface area contributed by atoms with E-state index in [1.165, 1.54) is 11.3 Å². The molecule has 0 spiro atoms. The summed E-state index contributed by atoms with van der Waals surface area (Å²) in [6, 6.07) is 3.59. The van der Waals surface area contributed by atoms with Crippen molar-refractivity contribution in [2.24, 2.45) is 0 Å². The lowest BCUT2D eigenvalue weighted by Crippen LogP contribution is -2.12. The van der Waals surface area contributed by atoms with Crippen molar-refractivity contribution in [3.8, 4) is 22.2 Å². The summed E-state index contributed by atoms with van der Waals surface area (Å²) >= 11 is 1.46. The molecule has 0 radical (unpaired) electrons. The second kappa shape index (κ2) is 7.64. The van der Waals surface area contributed by atoms with E-state index in [0.717, 1.165) is 21.1 Å². The molecule has 0 fully saturated rings. The summed E-state index contributed by atoms with van der Waals surface area (Å²) in [5, 5.41) is 15.2. The van der Waals surface area contributed by atoms with E-state index in [1.807, 2.05) is 13.8 Å². The Balaban J connectivity index is 1.34. The van der Waals surface area contributed by atoms with E-state index in [2.05, 4.69) is 35.6 Å². The molecule has 4 rings (SSSR count). The highest BCUT2D eigenvalue weighted by Crippen LogP contribution is 2.29.